The second-order valence-corrected chi connectivity index (χ2v) is 4.38. The standard InChI is InChI=1S/C10H20/c1-10(2,3)8-9-6-4-5-7-9/h9H,4-8H2,1-3H3/i8D2. The SMILES string of the molecule is [2H]C([2H])(C1CCCC1)C(C)(C)C. The lowest BCUT2D eigenvalue weighted by molar-refractivity contribution is 0.297. The first-order valence-corrected chi connectivity index (χ1v) is 4.36. The van der Waals surface area contributed by atoms with Gasteiger partial charge in [0, 0.05) is 2.74 Å². The predicted molar refractivity (Wildman–Crippen MR) is 46.0 cm³/mol. The zero-order chi connectivity index (χ0) is 9.41. The van der Waals surface area contributed by atoms with Crippen molar-refractivity contribution >= 4 is 0 Å². The molecule has 0 radical (unpaired) electrons. The molecule has 1 fully saturated rings. The van der Waals surface area contributed by atoms with E-state index in [0.29, 0.717) is 5.92 Å². The summed E-state index contributed by atoms with van der Waals surface area (Å²) in [6, 6.07) is 0. The molecule has 0 aromatic rings. The molecule has 0 atom stereocenters. The summed E-state index contributed by atoms with van der Waals surface area (Å²) in [4.78, 5) is 0. The Kier molecular flexibility index (Phi) is 1.65. The molecule has 0 aromatic heterocycles. The van der Waals surface area contributed by atoms with Crippen molar-refractivity contribution in [1.82, 2.24) is 0 Å². The summed E-state index contributed by atoms with van der Waals surface area (Å²) in [7, 11) is 0. The van der Waals surface area contributed by atoms with Gasteiger partial charge in [0.1, 0.15) is 0 Å². The summed E-state index contributed by atoms with van der Waals surface area (Å²) in [5.74, 6) is 0.303. The van der Waals surface area contributed by atoms with Crippen molar-refractivity contribution in [3.63, 3.8) is 0 Å². The van der Waals surface area contributed by atoms with Crippen LogP contribution in [0.1, 0.15) is 55.6 Å². The van der Waals surface area contributed by atoms with Crippen LogP contribution in [0.3, 0.4) is 0 Å². The van der Waals surface area contributed by atoms with E-state index in [2.05, 4.69) is 0 Å². The third-order valence-corrected chi connectivity index (χ3v) is 1.99. The van der Waals surface area contributed by atoms with Gasteiger partial charge in [-0.15, -0.1) is 0 Å². The maximum absolute atomic E-state index is 8.04. The van der Waals surface area contributed by atoms with E-state index in [0.717, 1.165) is 12.8 Å². The van der Waals surface area contributed by atoms with Gasteiger partial charge in [0.25, 0.3) is 0 Å². The Morgan fingerprint density at radius 2 is 1.80 bits per heavy atom. The van der Waals surface area contributed by atoms with Crippen molar-refractivity contribution in [2.24, 2.45) is 11.3 Å². The highest BCUT2D eigenvalue weighted by molar-refractivity contribution is 4.73. The van der Waals surface area contributed by atoms with Crippen molar-refractivity contribution in [3.05, 3.63) is 0 Å². The molecular weight excluding hydrogens is 120 g/mol. The second kappa shape index (κ2) is 2.94. The first-order chi connectivity index (χ1) is 5.36. The molecule has 60 valence electrons. The van der Waals surface area contributed by atoms with E-state index in [1.165, 1.54) is 12.8 Å². The lowest BCUT2D eigenvalue weighted by Crippen LogP contribution is -2.10. The second-order valence-electron chi connectivity index (χ2n) is 4.38. The molecule has 1 saturated carbocycles. The molecule has 0 amide bonds. The van der Waals surface area contributed by atoms with Crippen molar-refractivity contribution in [2.75, 3.05) is 0 Å². The van der Waals surface area contributed by atoms with E-state index in [-0.39, 0.29) is 5.41 Å². The first-order valence-electron chi connectivity index (χ1n) is 5.36. The summed E-state index contributed by atoms with van der Waals surface area (Å²) >= 11 is 0. The molecule has 0 unspecified atom stereocenters. The lowest BCUT2D eigenvalue weighted by Gasteiger charge is -2.22. The summed E-state index contributed by atoms with van der Waals surface area (Å²) < 4.78 is 16.1. The molecule has 0 aliphatic heterocycles. The van der Waals surface area contributed by atoms with Gasteiger partial charge in [0.2, 0.25) is 0 Å². The minimum Gasteiger partial charge on any atom is -0.0602 e. The molecule has 0 N–H and O–H groups in total. The van der Waals surface area contributed by atoms with Crippen LogP contribution in [0.2, 0.25) is 0 Å². The molecule has 1 aliphatic carbocycles. The van der Waals surface area contributed by atoms with Crippen molar-refractivity contribution < 1.29 is 2.74 Å². The summed E-state index contributed by atoms with van der Waals surface area (Å²) in [5, 5.41) is 0. The van der Waals surface area contributed by atoms with E-state index in [1.807, 2.05) is 20.8 Å². The van der Waals surface area contributed by atoms with Crippen LogP contribution in [-0.2, 0) is 0 Å². The fourth-order valence-electron chi connectivity index (χ4n) is 1.68. The third kappa shape index (κ3) is 2.72. The van der Waals surface area contributed by atoms with E-state index in [9.17, 15) is 0 Å². The largest absolute Gasteiger partial charge is 0.0602 e. The molecular formula is C10H20. The average molecular weight is 142 g/mol. The van der Waals surface area contributed by atoms with Crippen LogP contribution in [0, 0.1) is 11.3 Å². The van der Waals surface area contributed by atoms with Crippen molar-refractivity contribution in [1.29, 1.82) is 0 Å². The molecule has 0 bridgehead atoms. The molecule has 1 rings (SSSR count). The fourth-order valence-corrected chi connectivity index (χ4v) is 1.68. The van der Waals surface area contributed by atoms with Gasteiger partial charge in [-0.1, -0.05) is 46.5 Å². The molecule has 0 saturated heterocycles. The summed E-state index contributed by atoms with van der Waals surface area (Å²) in [6.07, 6.45) is 3.64. The lowest BCUT2D eigenvalue weighted by atomic mass is 9.84. The Labute approximate surface area is 67.8 Å². The van der Waals surface area contributed by atoms with Gasteiger partial charge >= 0.3 is 0 Å². The zero-order valence-electron chi connectivity index (χ0n) is 9.41. The Morgan fingerprint density at radius 3 is 2.20 bits per heavy atom. The number of hydrogen-bond acceptors (Lipinski definition) is 0. The van der Waals surface area contributed by atoms with Gasteiger partial charge in [-0.05, 0) is 17.7 Å². The summed E-state index contributed by atoms with van der Waals surface area (Å²) in [5.41, 5.74) is -0.206. The molecule has 10 heavy (non-hydrogen) atoms. The Bertz CT molecular complexity index is 150. The molecule has 0 heterocycles. The fraction of sp³-hybridized carbons (Fsp3) is 1.00. The van der Waals surface area contributed by atoms with E-state index in [4.69, 9.17) is 2.74 Å². The quantitative estimate of drug-likeness (QED) is 0.524. The minimum atomic E-state index is -0.983. The van der Waals surface area contributed by atoms with Crippen molar-refractivity contribution in [3.8, 4) is 0 Å². The normalized spacial score (nSPS) is 26.3. The van der Waals surface area contributed by atoms with Crippen LogP contribution in [-0.4, -0.2) is 0 Å². The third-order valence-electron chi connectivity index (χ3n) is 1.99. The van der Waals surface area contributed by atoms with Crippen LogP contribution >= 0.6 is 0 Å². The summed E-state index contributed by atoms with van der Waals surface area (Å²) in [6.45, 7) is 6.02. The predicted octanol–water partition coefficient (Wildman–Crippen LogP) is 3.61. The van der Waals surface area contributed by atoms with Gasteiger partial charge in [0.05, 0.1) is 0 Å². The van der Waals surface area contributed by atoms with Crippen LogP contribution in [0.15, 0.2) is 0 Å². The van der Waals surface area contributed by atoms with Crippen LogP contribution in [0.5, 0.6) is 0 Å². The maximum Gasteiger partial charge on any atom is 0.0275 e. The average Bonchev–Trinajstić information content (AvgIpc) is 2.34. The van der Waals surface area contributed by atoms with Crippen LogP contribution in [0.25, 0.3) is 0 Å². The maximum atomic E-state index is 8.04. The van der Waals surface area contributed by atoms with E-state index >= 15 is 0 Å². The van der Waals surface area contributed by atoms with Crippen LogP contribution in [0.4, 0.5) is 0 Å². The Morgan fingerprint density at radius 1 is 1.30 bits per heavy atom. The number of rotatable bonds is 1. The van der Waals surface area contributed by atoms with E-state index < -0.39 is 6.37 Å². The van der Waals surface area contributed by atoms with Gasteiger partial charge in [0.15, 0.2) is 0 Å². The van der Waals surface area contributed by atoms with Gasteiger partial charge in [-0.2, -0.15) is 0 Å². The van der Waals surface area contributed by atoms with Gasteiger partial charge in [-0.3, -0.25) is 0 Å². The molecule has 0 aromatic carbocycles. The highest BCUT2D eigenvalue weighted by atomic mass is 14.3. The zero-order valence-corrected chi connectivity index (χ0v) is 7.41. The molecule has 1 aliphatic rings. The number of hydrogen-bond donors (Lipinski definition) is 0. The topological polar surface area (TPSA) is 0 Å². The minimum absolute atomic E-state index is 0.206. The van der Waals surface area contributed by atoms with E-state index in [1.54, 1.807) is 0 Å². The molecule has 0 spiro atoms. The van der Waals surface area contributed by atoms with Gasteiger partial charge in [-0.25, -0.2) is 0 Å². The highest BCUT2D eigenvalue weighted by Gasteiger charge is 2.21. The highest BCUT2D eigenvalue weighted by Crippen LogP contribution is 2.34. The Balaban J connectivity index is 2.69. The molecule has 0 heteroatoms. The van der Waals surface area contributed by atoms with Crippen molar-refractivity contribution in [2.45, 2.75) is 52.8 Å². The monoisotopic (exact) mass is 142 g/mol. The smallest absolute Gasteiger partial charge is 0.0275 e. The Hall–Kier alpha value is 0. The first kappa shape index (κ1) is 5.62. The van der Waals surface area contributed by atoms with Gasteiger partial charge < -0.3 is 0 Å². The van der Waals surface area contributed by atoms with Crippen LogP contribution < -0.4 is 0 Å². The molecule has 0 nitrogen and oxygen atoms in total.